The second-order valence-corrected chi connectivity index (χ2v) is 5.72. The molecule has 0 aromatic carbocycles. The maximum atomic E-state index is 11.8. The minimum absolute atomic E-state index is 0.159. The molecule has 4 nitrogen and oxygen atoms in total. The minimum Gasteiger partial charge on any atom is -0.468 e. The number of nitrogens with one attached hydrogen (secondary N) is 1. The Morgan fingerprint density at radius 3 is 2.33 bits per heavy atom. The minimum atomic E-state index is -0.224. The van der Waals surface area contributed by atoms with E-state index in [-0.39, 0.29) is 18.1 Å². The number of hydrogen-bond donors (Lipinski definition) is 1. The van der Waals surface area contributed by atoms with Gasteiger partial charge >= 0.3 is 5.97 Å². The van der Waals surface area contributed by atoms with E-state index in [1.54, 1.807) is 0 Å². The summed E-state index contributed by atoms with van der Waals surface area (Å²) in [6, 6.07) is 1.16. The molecule has 1 fully saturated rings. The molecule has 1 heterocycles. The Morgan fingerprint density at radius 2 is 1.89 bits per heavy atom. The van der Waals surface area contributed by atoms with Gasteiger partial charge in [-0.15, -0.1) is 0 Å². The maximum absolute atomic E-state index is 11.8. The van der Waals surface area contributed by atoms with Crippen molar-refractivity contribution < 1.29 is 9.53 Å². The maximum Gasteiger partial charge on any atom is 0.324 e. The topological polar surface area (TPSA) is 41.6 Å². The van der Waals surface area contributed by atoms with Crippen molar-refractivity contribution in [1.82, 2.24) is 10.2 Å². The molecule has 3 atom stereocenters. The van der Waals surface area contributed by atoms with Crippen LogP contribution < -0.4 is 5.32 Å². The number of piperidine rings is 1. The molecule has 0 amide bonds. The number of carbonyl (C=O) groups excluding carboxylic acids is 1. The van der Waals surface area contributed by atoms with Gasteiger partial charge in [0, 0.05) is 24.7 Å². The van der Waals surface area contributed by atoms with E-state index >= 15 is 0 Å². The van der Waals surface area contributed by atoms with Gasteiger partial charge in [0.2, 0.25) is 0 Å². The van der Waals surface area contributed by atoms with Gasteiger partial charge in [-0.2, -0.15) is 0 Å². The summed E-state index contributed by atoms with van der Waals surface area (Å²) in [5.74, 6) is -0.159. The van der Waals surface area contributed by atoms with Crippen molar-refractivity contribution in [1.29, 1.82) is 0 Å². The molecule has 1 saturated heterocycles. The lowest BCUT2D eigenvalue weighted by atomic mass is 9.96. The first-order valence-electron chi connectivity index (χ1n) is 7.05. The van der Waals surface area contributed by atoms with Crippen molar-refractivity contribution in [3.8, 4) is 0 Å². The van der Waals surface area contributed by atoms with Crippen LogP contribution in [0.1, 0.15) is 47.0 Å². The van der Waals surface area contributed by atoms with Crippen molar-refractivity contribution in [3.05, 3.63) is 0 Å². The van der Waals surface area contributed by atoms with E-state index in [4.69, 9.17) is 4.74 Å². The van der Waals surface area contributed by atoms with Crippen LogP contribution in [-0.4, -0.2) is 48.7 Å². The highest BCUT2D eigenvalue weighted by Crippen LogP contribution is 2.22. The van der Waals surface area contributed by atoms with E-state index in [1.165, 1.54) is 26.4 Å². The van der Waals surface area contributed by atoms with Crippen LogP contribution in [0.3, 0.4) is 0 Å². The third-order valence-corrected chi connectivity index (χ3v) is 3.79. The van der Waals surface area contributed by atoms with Gasteiger partial charge in [0.1, 0.15) is 6.04 Å². The van der Waals surface area contributed by atoms with Gasteiger partial charge in [-0.3, -0.25) is 9.69 Å². The van der Waals surface area contributed by atoms with Crippen LogP contribution in [0.4, 0.5) is 0 Å². The van der Waals surface area contributed by atoms with Crippen LogP contribution in [0.25, 0.3) is 0 Å². The highest BCUT2D eigenvalue weighted by atomic mass is 16.5. The highest BCUT2D eigenvalue weighted by Gasteiger charge is 2.30. The second kappa shape index (κ2) is 7.10. The molecule has 4 heteroatoms. The Morgan fingerprint density at radius 1 is 1.33 bits per heavy atom. The average molecular weight is 256 g/mol. The zero-order valence-electron chi connectivity index (χ0n) is 12.4. The molecule has 0 spiro atoms. The molecule has 1 N–H and O–H groups in total. The molecule has 1 rings (SSSR count). The molecule has 1 aliphatic rings. The highest BCUT2D eigenvalue weighted by molar-refractivity contribution is 5.76. The van der Waals surface area contributed by atoms with Crippen LogP contribution in [0.5, 0.6) is 0 Å². The Hall–Kier alpha value is -0.610. The number of likely N-dealkylation sites (tertiary alicyclic amines) is 1. The summed E-state index contributed by atoms with van der Waals surface area (Å²) in [5.41, 5.74) is 0. The Balaban J connectivity index is 2.65. The second-order valence-electron chi connectivity index (χ2n) is 5.72. The van der Waals surface area contributed by atoms with Gasteiger partial charge in [0.25, 0.3) is 0 Å². The monoisotopic (exact) mass is 256 g/mol. The van der Waals surface area contributed by atoms with Gasteiger partial charge in [-0.25, -0.2) is 0 Å². The first kappa shape index (κ1) is 15.4. The summed E-state index contributed by atoms with van der Waals surface area (Å²) >= 11 is 0. The quantitative estimate of drug-likeness (QED) is 0.762. The smallest absolute Gasteiger partial charge is 0.324 e. The lowest BCUT2D eigenvalue weighted by Gasteiger charge is -2.40. The fourth-order valence-corrected chi connectivity index (χ4v) is 2.79. The van der Waals surface area contributed by atoms with E-state index in [0.29, 0.717) is 12.1 Å². The van der Waals surface area contributed by atoms with Crippen molar-refractivity contribution in [2.75, 3.05) is 13.7 Å². The molecular weight excluding hydrogens is 228 g/mol. The Labute approximate surface area is 111 Å². The summed E-state index contributed by atoms with van der Waals surface area (Å²) in [6.07, 6.45) is 3.74. The van der Waals surface area contributed by atoms with Gasteiger partial charge in [-0.1, -0.05) is 20.3 Å². The predicted molar refractivity (Wildman–Crippen MR) is 73.6 cm³/mol. The number of hydrogen-bond acceptors (Lipinski definition) is 4. The third kappa shape index (κ3) is 4.25. The SMILES string of the molecule is COC(=O)C(CN1[C@H](C)CCC[C@@H]1C)NC(C)C. The van der Waals surface area contributed by atoms with Crippen LogP contribution in [-0.2, 0) is 9.53 Å². The van der Waals surface area contributed by atoms with Crippen molar-refractivity contribution in [2.24, 2.45) is 0 Å². The van der Waals surface area contributed by atoms with Crippen molar-refractivity contribution >= 4 is 5.97 Å². The van der Waals surface area contributed by atoms with Gasteiger partial charge < -0.3 is 10.1 Å². The molecule has 0 radical (unpaired) electrons. The zero-order valence-corrected chi connectivity index (χ0v) is 12.4. The van der Waals surface area contributed by atoms with Crippen LogP contribution in [0.2, 0.25) is 0 Å². The number of carbonyl (C=O) groups is 1. The first-order valence-corrected chi connectivity index (χ1v) is 7.05. The lowest BCUT2D eigenvalue weighted by molar-refractivity contribution is -0.144. The fourth-order valence-electron chi connectivity index (χ4n) is 2.79. The van der Waals surface area contributed by atoms with Crippen molar-refractivity contribution in [3.63, 3.8) is 0 Å². The fraction of sp³-hybridized carbons (Fsp3) is 0.929. The van der Waals surface area contributed by atoms with Crippen LogP contribution in [0, 0.1) is 0 Å². The third-order valence-electron chi connectivity index (χ3n) is 3.79. The van der Waals surface area contributed by atoms with E-state index in [9.17, 15) is 4.79 Å². The van der Waals surface area contributed by atoms with Crippen LogP contribution in [0.15, 0.2) is 0 Å². The average Bonchev–Trinajstić information content (AvgIpc) is 2.31. The summed E-state index contributed by atoms with van der Waals surface area (Å²) in [5, 5.41) is 3.30. The summed E-state index contributed by atoms with van der Waals surface area (Å²) in [7, 11) is 1.46. The van der Waals surface area contributed by atoms with Crippen molar-refractivity contribution in [2.45, 2.75) is 71.1 Å². The van der Waals surface area contributed by atoms with Gasteiger partial charge in [0.15, 0.2) is 0 Å². The number of methoxy groups -OCH3 is 1. The number of nitrogens with zero attached hydrogens (tertiary/aromatic N) is 1. The first-order chi connectivity index (χ1) is 8.45. The number of rotatable bonds is 5. The lowest BCUT2D eigenvalue weighted by Crippen LogP contribution is -2.54. The molecule has 0 saturated carbocycles. The predicted octanol–water partition coefficient (Wildman–Crippen LogP) is 1.79. The summed E-state index contributed by atoms with van der Waals surface area (Å²) in [4.78, 5) is 14.3. The molecule has 1 aliphatic heterocycles. The molecule has 0 aliphatic carbocycles. The van der Waals surface area contributed by atoms with Gasteiger partial charge in [0.05, 0.1) is 7.11 Å². The Bertz CT molecular complexity index is 259. The van der Waals surface area contributed by atoms with Crippen LogP contribution >= 0.6 is 0 Å². The van der Waals surface area contributed by atoms with E-state index in [1.807, 2.05) is 0 Å². The molecule has 18 heavy (non-hydrogen) atoms. The summed E-state index contributed by atoms with van der Waals surface area (Å²) in [6.45, 7) is 9.35. The molecule has 0 aromatic heterocycles. The summed E-state index contributed by atoms with van der Waals surface area (Å²) < 4.78 is 4.90. The largest absolute Gasteiger partial charge is 0.468 e. The van der Waals surface area contributed by atoms with E-state index < -0.39 is 0 Å². The normalized spacial score (nSPS) is 27.2. The number of ether oxygens (including phenoxy) is 1. The molecule has 1 unspecified atom stereocenters. The Kier molecular flexibility index (Phi) is 6.09. The molecule has 106 valence electrons. The van der Waals surface area contributed by atoms with E-state index in [2.05, 4.69) is 37.9 Å². The number of esters is 1. The molecule has 0 bridgehead atoms. The zero-order chi connectivity index (χ0) is 13.7. The molecule has 0 aromatic rings. The molecular formula is C14H28N2O2. The van der Waals surface area contributed by atoms with E-state index in [0.717, 1.165) is 6.54 Å². The standard InChI is InChI=1S/C14H28N2O2/c1-10(2)15-13(14(17)18-5)9-16-11(3)7-6-8-12(16)4/h10-13,15H,6-9H2,1-5H3/t11-,12+,13?. The van der Waals surface area contributed by atoms with Gasteiger partial charge in [-0.05, 0) is 26.7 Å².